The Hall–Kier alpha value is -1.12. The molecule has 0 bridgehead atoms. The molecule has 0 unspecified atom stereocenters. The van der Waals surface area contributed by atoms with Crippen LogP contribution < -0.4 is 0 Å². The van der Waals surface area contributed by atoms with Crippen LogP contribution in [0.3, 0.4) is 0 Å². The lowest BCUT2D eigenvalue weighted by atomic mass is 10.0. The van der Waals surface area contributed by atoms with Crippen LogP contribution in [-0.4, -0.2) is 6.29 Å². The second kappa shape index (κ2) is 4.81. The van der Waals surface area contributed by atoms with Gasteiger partial charge in [0, 0.05) is 20.6 Å². The first-order valence-corrected chi connectivity index (χ1v) is 5.88. The number of carbonyl (C=O) groups excluding carboxylic acids is 1. The number of halogens is 2. The first-order chi connectivity index (χ1) is 7.70. The first kappa shape index (κ1) is 11.4. The molecule has 2 aromatic rings. The van der Waals surface area contributed by atoms with Crippen molar-refractivity contribution in [3.8, 4) is 11.1 Å². The quantitative estimate of drug-likeness (QED) is 0.741. The molecule has 0 amide bonds. The average molecular weight is 296 g/mol. The van der Waals surface area contributed by atoms with E-state index in [1.165, 1.54) is 0 Å². The summed E-state index contributed by atoms with van der Waals surface area (Å²) in [5, 5.41) is 0.590. The van der Waals surface area contributed by atoms with E-state index in [4.69, 9.17) is 11.6 Å². The van der Waals surface area contributed by atoms with Crippen LogP contribution >= 0.6 is 27.5 Å². The van der Waals surface area contributed by atoms with E-state index in [9.17, 15) is 4.79 Å². The number of hydrogen-bond acceptors (Lipinski definition) is 1. The molecule has 0 aliphatic carbocycles. The Balaban J connectivity index is 2.48. The minimum absolute atomic E-state index is 0.589. The van der Waals surface area contributed by atoms with Crippen molar-refractivity contribution in [2.45, 2.75) is 0 Å². The molecular formula is C13H8BrClO. The zero-order valence-corrected chi connectivity index (χ0v) is 10.6. The number of carbonyl (C=O) groups is 1. The van der Waals surface area contributed by atoms with E-state index >= 15 is 0 Å². The molecule has 0 aliphatic heterocycles. The lowest BCUT2D eigenvalue weighted by Gasteiger charge is -2.05. The summed E-state index contributed by atoms with van der Waals surface area (Å²) >= 11 is 9.49. The van der Waals surface area contributed by atoms with E-state index in [-0.39, 0.29) is 0 Å². The average Bonchev–Trinajstić information content (AvgIpc) is 2.30. The van der Waals surface area contributed by atoms with Gasteiger partial charge >= 0.3 is 0 Å². The van der Waals surface area contributed by atoms with E-state index in [2.05, 4.69) is 15.9 Å². The van der Waals surface area contributed by atoms with Gasteiger partial charge in [0.2, 0.25) is 0 Å². The van der Waals surface area contributed by atoms with Gasteiger partial charge in [0.15, 0.2) is 0 Å². The molecule has 3 heteroatoms. The van der Waals surface area contributed by atoms with Crippen LogP contribution in [0.4, 0.5) is 0 Å². The highest BCUT2D eigenvalue weighted by Crippen LogP contribution is 2.29. The summed E-state index contributed by atoms with van der Waals surface area (Å²) in [6, 6.07) is 13.2. The molecular weight excluding hydrogens is 287 g/mol. The third-order valence-corrected chi connectivity index (χ3v) is 3.13. The zero-order chi connectivity index (χ0) is 11.5. The van der Waals surface area contributed by atoms with Crippen LogP contribution in [0.15, 0.2) is 46.9 Å². The van der Waals surface area contributed by atoms with E-state index in [0.717, 1.165) is 21.9 Å². The topological polar surface area (TPSA) is 17.1 Å². The Morgan fingerprint density at radius 2 is 1.75 bits per heavy atom. The van der Waals surface area contributed by atoms with Crippen molar-refractivity contribution < 1.29 is 4.79 Å². The standard InChI is InChI=1S/C13H8BrClO/c14-11-4-2-10(3-5-11)12-6-1-9(8-16)7-13(12)15/h1-8H. The fraction of sp³-hybridized carbons (Fsp3) is 0. The predicted octanol–water partition coefficient (Wildman–Crippen LogP) is 4.58. The molecule has 2 aromatic carbocycles. The molecule has 0 heterocycles. The summed E-state index contributed by atoms with van der Waals surface area (Å²) in [7, 11) is 0. The summed E-state index contributed by atoms with van der Waals surface area (Å²) in [6.07, 6.45) is 0.789. The van der Waals surface area contributed by atoms with E-state index in [1.807, 2.05) is 30.3 Å². The highest BCUT2D eigenvalue weighted by atomic mass is 79.9. The van der Waals surface area contributed by atoms with Crippen molar-refractivity contribution in [3.05, 3.63) is 57.5 Å². The van der Waals surface area contributed by atoms with E-state index in [0.29, 0.717) is 10.6 Å². The molecule has 0 saturated heterocycles. The lowest BCUT2D eigenvalue weighted by molar-refractivity contribution is 0.112. The van der Waals surface area contributed by atoms with Gasteiger partial charge < -0.3 is 0 Å². The second-order valence-electron chi connectivity index (χ2n) is 3.36. The van der Waals surface area contributed by atoms with Gasteiger partial charge in [-0.05, 0) is 23.8 Å². The Morgan fingerprint density at radius 3 is 2.31 bits per heavy atom. The largest absolute Gasteiger partial charge is 0.298 e. The van der Waals surface area contributed by atoms with Gasteiger partial charge in [0.1, 0.15) is 6.29 Å². The van der Waals surface area contributed by atoms with Gasteiger partial charge in [0.25, 0.3) is 0 Å². The molecule has 16 heavy (non-hydrogen) atoms. The molecule has 0 N–H and O–H groups in total. The van der Waals surface area contributed by atoms with Crippen LogP contribution in [0.1, 0.15) is 10.4 Å². The predicted molar refractivity (Wildman–Crippen MR) is 70.0 cm³/mol. The van der Waals surface area contributed by atoms with Crippen LogP contribution in [0.5, 0.6) is 0 Å². The van der Waals surface area contributed by atoms with E-state index in [1.54, 1.807) is 12.1 Å². The molecule has 0 atom stereocenters. The first-order valence-electron chi connectivity index (χ1n) is 4.71. The zero-order valence-electron chi connectivity index (χ0n) is 8.28. The normalized spacial score (nSPS) is 10.1. The number of benzene rings is 2. The fourth-order valence-electron chi connectivity index (χ4n) is 1.47. The Kier molecular flexibility index (Phi) is 3.42. The summed E-state index contributed by atoms with van der Waals surface area (Å²) in [5.41, 5.74) is 2.55. The lowest BCUT2D eigenvalue weighted by Crippen LogP contribution is -1.83. The highest BCUT2D eigenvalue weighted by Gasteiger charge is 2.04. The molecule has 0 spiro atoms. The van der Waals surface area contributed by atoms with Crippen molar-refractivity contribution in [1.29, 1.82) is 0 Å². The van der Waals surface area contributed by atoms with Crippen LogP contribution in [0.25, 0.3) is 11.1 Å². The molecule has 0 saturated carbocycles. The number of rotatable bonds is 2. The van der Waals surface area contributed by atoms with Crippen LogP contribution in [-0.2, 0) is 0 Å². The van der Waals surface area contributed by atoms with Crippen molar-refractivity contribution in [3.63, 3.8) is 0 Å². The van der Waals surface area contributed by atoms with Gasteiger partial charge in [-0.15, -0.1) is 0 Å². The summed E-state index contributed by atoms with van der Waals surface area (Å²) in [5.74, 6) is 0. The maximum atomic E-state index is 10.6. The monoisotopic (exact) mass is 294 g/mol. The molecule has 1 nitrogen and oxygen atoms in total. The maximum Gasteiger partial charge on any atom is 0.150 e. The third-order valence-electron chi connectivity index (χ3n) is 2.28. The van der Waals surface area contributed by atoms with E-state index < -0.39 is 0 Å². The number of hydrogen-bond donors (Lipinski definition) is 0. The van der Waals surface area contributed by atoms with Gasteiger partial charge in [-0.1, -0.05) is 51.8 Å². The minimum atomic E-state index is 0.589. The smallest absolute Gasteiger partial charge is 0.150 e. The van der Waals surface area contributed by atoms with Crippen LogP contribution in [0, 0.1) is 0 Å². The van der Waals surface area contributed by atoms with Crippen LogP contribution in [0.2, 0.25) is 5.02 Å². The summed E-state index contributed by atoms with van der Waals surface area (Å²) in [4.78, 5) is 10.6. The van der Waals surface area contributed by atoms with Crippen molar-refractivity contribution in [2.24, 2.45) is 0 Å². The van der Waals surface area contributed by atoms with Crippen molar-refractivity contribution >= 4 is 33.8 Å². The van der Waals surface area contributed by atoms with Gasteiger partial charge in [-0.25, -0.2) is 0 Å². The molecule has 80 valence electrons. The SMILES string of the molecule is O=Cc1ccc(-c2ccc(Br)cc2)c(Cl)c1. The van der Waals surface area contributed by atoms with Crippen molar-refractivity contribution in [2.75, 3.05) is 0 Å². The summed E-state index contributed by atoms with van der Waals surface area (Å²) in [6.45, 7) is 0. The van der Waals surface area contributed by atoms with Crippen molar-refractivity contribution in [1.82, 2.24) is 0 Å². The van der Waals surface area contributed by atoms with Gasteiger partial charge in [-0.2, -0.15) is 0 Å². The molecule has 2 rings (SSSR count). The van der Waals surface area contributed by atoms with Gasteiger partial charge in [-0.3, -0.25) is 4.79 Å². The second-order valence-corrected chi connectivity index (χ2v) is 4.69. The summed E-state index contributed by atoms with van der Waals surface area (Å²) < 4.78 is 1.02. The minimum Gasteiger partial charge on any atom is -0.298 e. The highest BCUT2D eigenvalue weighted by molar-refractivity contribution is 9.10. The molecule has 0 fully saturated rings. The Labute approximate surface area is 107 Å². The third kappa shape index (κ3) is 2.34. The fourth-order valence-corrected chi connectivity index (χ4v) is 2.03. The maximum absolute atomic E-state index is 10.6. The van der Waals surface area contributed by atoms with Gasteiger partial charge in [0.05, 0.1) is 0 Å². The Morgan fingerprint density at radius 1 is 1.06 bits per heavy atom. The molecule has 0 aliphatic rings. The number of aldehydes is 1. The Bertz CT molecular complexity index is 520. The molecule has 0 aromatic heterocycles. The molecule has 0 radical (unpaired) electrons.